The SMILES string of the molecule is Cc1cc(-c2ccccc2-c2cn(C)c(-c3nc(-c4ccccc4-c4cc(C)cc(-n5c6ccccc6c6ccccc65)c4[O-])cn3C)n2)c([O-])c(-n2c3ccccc3c3ccccc32)c1.c1ccc([CH2][Hf+2][CH2]c2ccccc2)cc1. The molecule has 81 heavy (non-hydrogen) atoms. The molecule has 0 atom stereocenters. The summed E-state index contributed by atoms with van der Waals surface area (Å²) in [6, 6.07) is 78.7. The van der Waals surface area contributed by atoms with Crippen molar-refractivity contribution in [2.75, 3.05) is 0 Å². The number of aromatic nitrogens is 6. The number of rotatable bonds is 11. The van der Waals surface area contributed by atoms with Crippen LogP contribution in [0.4, 0.5) is 0 Å². The van der Waals surface area contributed by atoms with Crippen LogP contribution in [0.1, 0.15) is 22.3 Å². The average molecular weight is 1220 g/mol. The van der Waals surface area contributed by atoms with Gasteiger partial charge in [-0.3, -0.25) is 0 Å². The third-order valence-corrected chi connectivity index (χ3v) is 20.1. The van der Waals surface area contributed by atoms with Gasteiger partial charge in [0, 0.05) is 70.5 Å². The topological polar surface area (TPSA) is 91.6 Å². The molecule has 4 heterocycles. The van der Waals surface area contributed by atoms with E-state index < -0.39 is 22.9 Å². The molecule has 0 saturated carbocycles. The Hall–Kier alpha value is -9.31. The first kappa shape index (κ1) is 51.1. The van der Waals surface area contributed by atoms with Gasteiger partial charge in [0.25, 0.3) is 0 Å². The molecule has 0 fully saturated rings. The predicted octanol–water partition coefficient (Wildman–Crippen LogP) is 15.9. The molecule has 0 spiro atoms. The van der Waals surface area contributed by atoms with Crippen LogP contribution in [0.25, 0.3) is 111 Å². The summed E-state index contributed by atoms with van der Waals surface area (Å²) in [7, 11) is 3.94. The number of hydrogen-bond acceptors (Lipinski definition) is 4. The van der Waals surface area contributed by atoms with E-state index in [1.807, 2.05) is 171 Å². The standard InChI is InChI=1S/C58H44N6O2.2C7H7.Hf/c1-35-29-45(55(65)53(31-35)63-49-25-13-9-21-41(49)42-22-10-14-26-50(42)63)37-17-5-7-19-39(37)47-33-61(3)57(59-47)58-60-48(34-62(58)4)40-20-8-6-18-38(40)46-30-36(2)32-54(56(46)66)64-51-27-15-11-23-43(51)44-24-12-16-28-52(44)64;2*1-7-5-3-2-4-6-7;/h5-34,65-66H,1-4H3;2*2-6H,1H2;/q;;;+2/p-2. The van der Waals surface area contributed by atoms with Crippen molar-refractivity contribution < 1.29 is 33.1 Å². The van der Waals surface area contributed by atoms with Gasteiger partial charge in [-0.2, -0.15) is 0 Å². The van der Waals surface area contributed by atoms with E-state index >= 15 is 0 Å². The second-order valence-electron chi connectivity index (χ2n) is 20.8. The van der Waals surface area contributed by atoms with Gasteiger partial charge in [0.1, 0.15) is 0 Å². The summed E-state index contributed by atoms with van der Waals surface area (Å²) in [5, 5.41) is 34.1. The number of nitrogens with zero attached hydrogens (tertiary/aromatic N) is 6. The van der Waals surface area contributed by atoms with Crippen LogP contribution in [0.2, 0.25) is 0 Å². The first-order valence-electron chi connectivity index (χ1n) is 27.3. The molecule has 14 aromatic rings. The molecule has 0 amide bonds. The maximum absolute atomic E-state index is 14.8. The van der Waals surface area contributed by atoms with Gasteiger partial charge in [-0.15, -0.1) is 0 Å². The normalized spacial score (nSPS) is 11.4. The van der Waals surface area contributed by atoms with Crippen molar-refractivity contribution in [1.82, 2.24) is 28.2 Å². The Kier molecular flexibility index (Phi) is 13.7. The molecule has 390 valence electrons. The van der Waals surface area contributed by atoms with Crippen molar-refractivity contribution in [3.63, 3.8) is 0 Å². The van der Waals surface area contributed by atoms with E-state index in [9.17, 15) is 10.2 Å². The van der Waals surface area contributed by atoms with Crippen molar-refractivity contribution in [2.45, 2.75) is 22.2 Å². The van der Waals surface area contributed by atoms with Crippen LogP contribution in [0.15, 0.2) is 243 Å². The number of aryl methyl sites for hydroxylation is 4. The summed E-state index contributed by atoms with van der Waals surface area (Å²) in [6.45, 7) is 4.08. The van der Waals surface area contributed by atoms with Crippen LogP contribution >= 0.6 is 0 Å². The van der Waals surface area contributed by atoms with E-state index in [0.717, 1.165) is 88.4 Å². The molecule has 4 aromatic heterocycles. The molecule has 9 heteroatoms. The molecule has 10 aromatic carbocycles. The zero-order chi connectivity index (χ0) is 55.1. The monoisotopic (exact) mass is 1220 g/mol. The molecular weight excluding hydrogens is 1160 g/mol. The average Bonchev–Trinajstić information content (AvgIpc) is 4.39. The molecule has 14 rings (SSSR count). The minimum absolute atomic E-state index is 0.0554. The van der Waals surface area contributed by atoms with Gasteiger partial charge >= 0.3 is 103 Å². The molecule has 0 aliphatic carbocycles. The zero-order valence-corrected chi connectivity index (χ0v) is 49.1. The van der Waals surface area contributed by atoms with E-state index in [1.165, 1.54) is 19.5 Å². The first-order valence-corrected chi connectivity index (χ1v) is 32.4. The minimum atomic E-state index is -0.471. The summed E-state index contributed by atoms with van der Waals surface area (Å²) >= 11 is -0.471. The Morgan fingerprint density at radius 3 is 1.02 bits per heavy atom. The Morgan fingerprint density at radius 1 is 0.358 bits per heavy atom. The fourth-order valence-corrected chi connectivity index (χ4v) is 15.9. The second kappa shape index (κ2) is 21.7. The van der Waals surface area contributed by atoms with E-state index in [1.54, 1.807) is 0 Å². The van der Waals surface area contributed by atoms with E-state index in [2.05, 4.69) is 118 Å². The van der Waals surface area contributed by atoms with Crippen LogP contribution in [0.5, 0.6) is 11.5 Å². The van der Waals surface area contributed by atoms with Gasteiger partial charge in [0.2, 0.25) is 0 Å². The van der Waals surface area contributed by atoms with E-state index in [0.29, 0.717) is 34.2 Å². The maximum atomic E-state index is 14.8. The fourth-order valence-electron chi connectivity index (χ4n) is 11.6. The summed E-state index contributed by atoms with van der Waals surface area (Å²) in [5.41, 5.74) is 16.2. The van der Waals surface area contributed by atoms with E-state index in [4.69, 9.17) is 9.97 Å². The van der Waals surface area contributed by atoms with Crippen LogP contribution in [0.3, 0.4) is 0 Å². The molecule has 0 saturated heterocycles. The fraction of sp³-hybridized carbons (Fsp3) is 0.0833. The molecule has 0 radical (unpaired) electrons. The van der Waals surface area contributed by atoms with Gasteiger partial charge < -0.3 is 28.5 Å². The Morgan fingerprint density at radius 2 is 0.667 bits per heavy atom. The molecule has 0 N–H and O–H groups in total. The second-order valence-corrected chi connectivity index (χ2v) is 25.2. The van der Waals surface area contributed by atoms with Gasteiger partial charge in [-0.1, -0.05) is 145 Å². The zero-order valence-electron chi connectivity index (χ0n) is 45.5. The summed E-state index contributed by atoms with van der Waals surface area (Å²) in [6.07, 6.45) is 3.99. The summed E-state index contributed by atoms with van der Waals surface area (Å²) in [5.74, 6) is 1.22. The van der Waals surface area contributed by atoms with Crippen LogP contribution in [0, 0.1) is 13.8 Å². The Bertz CT molecular complexity index is 4240. The van der Waals surface area contributed by atoms with Crippen LogP contribution < -0.4 is 10.2 Å². The summed E-state index contributed by atoms with van der Waals surface area (Å²) < 4.78 is 10.9. The molecule has 8 nitrogen and oxygen atoms in total. The third kappa shape index (κ3) is 9.57. The van der Waals surface area contributed by atoms with Crippen molar-refractivity contribution in [3.05, 3.63) is 265 Å². The van der Waals surface area contributed by atoms with Gasteiger partial charge in [-0.05, 0) is 83.6 Å². The van der Waals surface area contributed by atoms with Crippen molar-refractivity contribution in [1.29, 1.82) is 0 Å². The molecule has 0 unspecified atom stereocenters. The number of hydrogen-bond donors (Lipinski definition) is 0. The Labute approximate surface area is 482 Å². The predicted molar refractivity (Wildman–Crippen MR) is 324 cm³/mol. The number of para-hydroxylation sites is 4. The van der Waals surface area contributed by atoms with Gasteiger partial charge in [0.05, 0.1) is 33.5 Å². The number of imidazole rings is 2. The number of benzene rings is 10. The van der Waals surface area contributed by atoms with Crippen molar-refractivity contribution in [2.24, 2.45) is 14.1 Å². The molecule has 0 bridgehead atoms. The quantitative estimate of drug-likeness (QED) is 0.121. The molecular formula is C72H56HfN6O2. The third-order valence-electron chi connectivity index (χ3n) is 15.4. The summed E-state index contributed by atoms with van der Waals surface area (Å²) in [4.78, 5) is 10.5. The van der Waals surface area contributed by atoms with Gasteiger partial charge in [-0.25, -0.2) is 9.97 Å². The van der Waals surface area contributed by atoms with Crippen LogP contribution in [-0.2, 0) is 45.4 Å². The first-order chi connectivity index (χ1) is 39.7. The molecule has 0 aliphatic heterocycles. The Balaban J connectivity index is 0.000000357. The van der Waals surface area contributed by atoms with Crippen molar-refractivity contribution >= 4 is 43.6 Å². The number of fused-ring (bicyclic) bond motifs is 6. The molecule has 0 aliphatic rings. The van der Waals surface area contributed by atoms with Crippen molar-refractivity contribution in [3.8, 4) is 79.3 Å². The van der Waals surface area contributed by atoms with Crippen LogP contribution in [-0.4, -0.2) is 28.2 Å². The van der Waals surface area contributed by atoms with E-state index in [-0.39, 0.29) is 11.5 Å². The van der Waals surface area contributed by atoms with Gasteiger partial charge in [0.15, 0.2) is 11.6 Å².